The summed E-state index contributed by atoms with van der Waals surface area (Å²) in [5, 5.41) is 3.48. The molecule has 1 rings (SSSR count). The minimum Gasteiger partial charge on any atom is -0.316 e. The van der Waals surface area contributed by atoms with Gasteiger partial charge in [0.05, 0.1) is 5.02 Å². The molecule has 0 aliphatic carbocycles. The summed E-state index contributed by atoms with van der Waals surface area (Å²) in [6, 6.07) is 4.92. The number of nitrogens with one attached hydrogen (secondary N) is 1. The number of hydrogen-bond donors (Lipinski definition) is 1. The third-order valence-corrected chi connectivity index (χ3v) is 2.82. The van der Waals surface area contributed by atoms with E-state index in [1.807, 2.05) is 13.1 Å². The van der Waals surface area contributed by atoms with Crippen LogP contribution in [0.4, 0.5) is 4.39 Å². The van der Waals surface area contributed by atoms with Crippen molar-refractivity contribution in [2.24, 2.45) is 0 Å². The second-order valence-corrected chi connectivity index (χ2v) is 4.18. The molecule has 1 aromatic rings. The van der Waals surface area contributed by atoms with Crippen molar-refractivity contribution < 1.29 is 4.39 Å². The van der Waals surface area contributed by atoms with Crippen molar-refractivity contribution in [1.82, 2.24) is 10.2 Å². The molecule has 0 fully saturated rings. The van der Waals surface area contributed by atoms with Crippen LogP contribution in [0.1, 0.15) is 12.5 Å². The topological polar surface area (TPSA) is 15.3 Å². The summed E-state index contributed by atoms with van der Waals surface area (Å²) in [4.78, 5) is 2.11. The lowest BCUT2D eigenvalue weighted by Gasteiger charge is -2.17. The van der Waals surface area contributed by atoms with Crippen LogP contribution in [0.5, 0.6) is 0 Å². The van der Waals surface area contributed by atoms with Gasteiger partial charge in [-0.25, -0.2) is 4.39 Å². The Bertz CT molecular complexity index is 331. The Morgan fingerprint density at radius 1 is 1.44 bits per heavy atom. The largest absolute Gasteiger partial charge is 0.316 e. The van der Waals surface area contributed by atoms with Gasteiger partial charge in [0.1, 0.15) is 5.82 Å². The Hall–Kier alpha value is -0.640. The molecule has 0 aromatic heterocycles. The molecule has 0 atom stereocenters. The molecule has 0 bridgehead atoms. The fourth-order valence-corrected chi connectivity index (χ4v) is 1.67. The van der Waals surface area contributed by atoms with Crippen molar-refractivity contribution in [2.75, 3.05) is 26.7 Å². The first-order valence-corrected chi connectivity index (χ1v) is 5.85. The lowest BCUT2D eigenvalue weighted by Crippen LogP contribution is -2.28. The van der Waals surface area contributed by atoms with E-state index in [1.165, 1.54) is 6.07 Å². The first kappa shape index (κ1) is 13.4. The molecule has 0 amide bonds. The second kappa shape index (κ2) is 6.84. The highest BCUT2D eigenvalue weighted by molar-refractivity contribution is 6.31. The van der Waals surface area contributed by atoms with Crippen LogP contribution in [0.15, 0.2) is 18.2 Å². The Morgan fingerprint density at radius 3 is 2.88 bits per heavy atom. The number of nitrogens with zero attached hydrogens (tertiary/aromatic N) is 1. The Morgan fingerprint density at radius 2 is 2.19 bits per heavy atom. The standard InChI is InChI=1S/C12H18ClFN2/c1-3-15-7-8-16(2)9-10-5-4-6-11(14)12(10)13/h4-6,15H,3,7-9H2,1-2H3. The molecule has 1 aromatic carbocycles. The minimum atomic E-state index is -0.348. The van der Waals surface area contributed by atoms with E-state index in [9.17, 15) is 4.39 Å². The molecular weight excluding hydrogens is 227 g/mol. The van der Waals surface area contributed by atoms with Crippen LogP contribution in [0, 0.1) is 5.82 Å². The summed E-state index contributed by atoms with van der Waals surface area (Å²) in [6.07, 6.45) is 0. The third kappa shape index (κ3) is 4.08. The zero-order valence-corrected chi connectivity index (χ0v) is 10.5. The lowest BCUT2D eigenvalue weighted by atomic mass is 10.2. The molecule has 0 saturated carbocycles. The van der Waals surface area contributed by atoms with Crippen LogP contribution in [-0.2, 0) is 6.54 Å². The Labute approximate surface area is 101 Å². The zero-order valence-electron chi connectivity index (χ0n) is 9.76. The molecule has 0 unspecified atom stereocenters. The molecular formula is C12H18ClFN2. The van der Waals surface area contributed by atoms with Crippen molar-refractivity contribution in [2.45, 2.75) is 13.5 Å². The van der Waals surface area contributed by atoms with Crippen molar-refractivity contribution >= 4 is 11.6 Å². The molecule has 0 aliphatic heterocycles. The fraction of sp³-hybridized carbons (Fsp3) is 0.500. The molecule has 90 valence electrons. The van der Waals surface area contributed by atoms with E-state index >= 15 is 0 Å². The van der Waals surface area contributed by atoms with Gasteiger partial charge >= 0.3 is 0 Å². The number of rotatable bonds is 6. The summed E-state index contributed by atoms with van der Waals surface area (Å²) in [5.74, 6) is -0.348. The summed E-state index contributed by atoms with van der Waals surface area (Å²) >= 11 is 5.88. The van der Waals surface area contributed by atoms with Crippen LogP contribution < -0.4 is 5.32 Å². The van der Waals surface area contributed by atoms with Gasteiger partial charge in [0.2, 0.25) is 0 Å². The SMILES string of the molecule is CCNCCN(C)Cc1cccc(F)c1Cl. The summed E-state index contributed by atoms with van der Waals surface area (Å²) in [7, 11) is 2.00. The average Bonchev–Trinajstić information content (AvgIpc) is 2.25. The van der Waals surface area contributed by atoms with E-state index in [4.69, 9.17) is 11.6 Å². The van der Waals surface area contributed by atoms with Gasteiger partial charge in [-0.2, -0.15) is 0 Å². The molecule has 16 heavy (non-hydrogen) atoms. The predicted octanol–water partition coefficient (Wildman–Crippen LogP) is 2.52. The monoisotopic (exact) mass is 244 g/mol. The van der Waals surface area contributed by atoms with Crippen LogP contribution in [0.3, 0.4) is 0 Å². The fourth-order valence-electron chi connectivity index (χ4n) is 1.49. The molecule has 2 nitrogen and oxygen atoms in total. The number of likely N-dealkylation sites (N-methyl/N-ethyl adjacent to an activating group) is 2. The maximum atomic E-state index is 13.2. The van der Waals surface area contributed by atoms with Crippen molar-refractivity contribution in [1.29, 1.82) is 0 Å². The van der Waals surface area contributed by atoms with Crippen LogP contribution >= 0.6 is 11.6 Å². The first-order chi connectivity index (χ1) is 7.65. The quantitative estimate of drug-likeness (QED) is 0.774. The van der Waals surface area contributed by atoms with Crippen LogP contribution in [0.25, 0.3) is 0 Å². The van der Waals surface area contributed by atoms with Gasteiger partial charge in [-0.3, -0.25) is 0 Å². The molecule has 4 heteroatoms. The van der Waals surface area contributed by atoms with Gasteiger partial charge in [0.15, 0.2) is 0 Å². The van der Waals surface area contributed by atoms with E-state index in [1.54, 1.807) is 6.07 Å². The molecule has 0 heterocycles. The minimum absolute atomic E-state index is 0.234. The van der Waals surface area contributed by atoms with Gasteiger partial charge < -0.3 is 10.2 Å². The van der Waals surface area contributed by atoms with E-state index in [-0.39, 0.29) is 10.8 Å². The molecule has 1 N–H and O–H groups in total. The third-order valence-electron chi connectivity index (χ3n) is 2.39. The van der Waals surface area contributed by atoms with E-state index < -0.39 is 0 Å². The summed E-state index contributed by atoms with van der Waals surface area (Å²) in [6.45, 7) is 5.56. The second-order valence-electron chi connectivity index (χ2n) is 3.80. The molecule has 0 radical (unpaired) electrons. The van der Waals surface area contributed by atoms with E-state index in [2.05, 4.69) is 17.1 Å². The van der Waals surface area contributed by atoms with Gasteiger partial charge in [-0.1, -0.05) is 30.7 Å². The smallest absolute Gasteiger partial charge is 0.142 e. The van der Waals surface area contributed by atoms with E-state index in [0.29, 0.717) is 6.54 Å². The van der Waals surface area contributed by atoms with Crippen molar-refractivity contribution in [3.8, 4) is 0 Å². The van der Waals surface area contributed by atoms with Gasteiger partial charge in [0, 0.05) is 19.6 Å². The lowest BCUT2D eigenvalue weighted by molar-refractivity contribution is 0.325. The van der Waals surface area contributed by atoms with Crippen molar-refractivity contribution in [3.05, 3.63) is 34.6 Å². The number of hydrogen-bond acceptors (Lipinski definition) is 2. The highest BCUT2D eigenvalue weighted by Gasteiger charge is 2.07. The van der Waals surface area contributed by atoms with E-state index in [0.717, 1.165) is 25.2 Å². The van der Waals surface area contributed by atoms with Gasteiger partial charge in [0.25, 0.3) is 0 Å². The van der Waals surface area contributed by atoms with Crippen molar-refractivity contribution in [3.63, 3.8) is 0 Å². The van der Waals surface area contributed by atoms with Crippen LogP contribution in [-0.4, -0.2) is 31.6 Å². The predicted molar refractivity (Wildman–Crippen MR) is 66.3 cm³/mol. The summed E-state index contributed by atoms with van der Waals surface area (Å²) in [5.41, 5.74) is 0.834. The highest BCUT2D eigenvalue weighted by Crippen LogP contribution is 2.20. The summed E-state index contributed by atoms with van der Waals surface area (Å²) < 4.78 is 13.2. The maximum absolute atomic E-state index is 13.2. The number of benzene rings is 1. The molecule has 0 spiro atoms. The van der Waals surface area contributed by atoms with Gasteiger partial charge in [-0.05, 0) is 25.2 Å². The maximum Gasteiger partial charge on any atom is 0.142 e. The average molecular weight is 245 g/mol. The van der Waals surface area contributed by atoms with Crippen LogP contribution in [0.2, 0.25) is 5.02 Å². The van der Waals surface area contributed by atoms with Gasteiger partial charge in [-0.15, -0.1) is 0 Å². The first-order valence-electron chi connectivity index (χ1n) is 5.47. The number of halogens is 2. The Kier molecular flexibility index (Phi) is 5.74. The zero-order chi connectivity index (χ0) is 12.0. The molecule has 0 aliphatic rings. The molecule has 0 saturated heterocycles. The normalized spacial score (nSPS) is 11.1. The Balaban J connectivity index is 2.49. The highest BCUT2D eigenvalue weighted by atomic mass is 35.5.